The van der Waals surface area contributed by atoms with Gasteiger partial charge < -0.3 is 14.8 Å². The van der Waals surface area contributed by atoms with Gasteiger partial charge in [0.25, 0.3) is 5.91 Å². The summed E-state index contributed by atoms with van der Waals surface area (Å²) >= 11 is 2.23. The summed E-state index contributed by atoms with van der Waals surface area (Å²) in [5.74, 6) is 1.22. The molecule has 2 aromatic carbocycles. The first-order valence-corrected chi connectivity index (χ1v) is 11.0. The molecule has 6 heteroatoms. The van der Waals surface area contributed by atoms with Gasteiger partial charge in [0.2, 0.25) is 0 Å². The Kier molecular flexibility index (Phi) is 7.81. The molecule has 1 unspecified atom stereocenters. The lowest BCUT2D eigenvalue weighted by Crippen LogP contribution is -2.15. The molecule has 0 saturated heterocycles. The fourth-order valence-electron chi connectivity index (χ4n) is 2.92. The molecule has 0 aliphatic heterocycles. The van der Waals surface area contributed by atoms with Crippen molar-refractivity contribution in [3.05, 3.63) is 81.2 Å². The Bertz CT molecular complexity index is 1020. The van der Waals surface area contributed by atoms with Crippen LogP contribution in [0.1, 0.15) is 48.1 Å². The van der Waals surface area contributed by atoms with E-state index < -0.39 is 0 Å². The van der Waals surface area contributed by atoms with Gasteiger partial charge in [-0.3, -0.25) is 9.78 Å². The molecular formula is C24H25IN2O3. The minimum atomic E-state index is -0.208. The second-order valence-electron chi connectivity index (χ2n) is 6.90. The Morgan fingerprint density at radius 3 is 2.67 bits per heavy atom. The molecule has 156 valence electrons. The number of aromatic nitrogens is 1. The van der Waals surface area contributed by atoms with Crippen LogP contribution in [0.15, 0.2) is 60.7 Å². The number of hydrogen-bond acceptors (Lipinski definition) is 4. The number of rotatable bonds is 8. The maximum absolute atomic E-state index is 12.8. The lowest BCUT2D eigenvalue weighted by molar-refractivity contribution is 0.0632. The SMILES string of the molecule is CCCOC(C)c1ccc(C(=O)Nc2cccc(Oc3ccccc3I)c2)c(C)n1. The van der Waals surface area contributed by atoms with E-state index in [0.717, 1.165) is 21.4 Å². The highest BCUT2D eigenvalue weighted by Gasteiger charge is 2.14. The first-order valence-electron chi connectivity index (χ1n) is 9.91. The molecule has 0 aliphatic rings. The third-order valence-corrected chi connectivity index (χ3v) is 5.39. The average Bonchev–Trinajstić information content (AvgIpc) is 2.73. The van der Waals surface area contributed by atoms with Crippen molar-refractivity contribution < 1.29 is 14.3 Å². The molecule has 1 atom stereocenters. The summed E-state index contributed by atoms with van der Waals surface area (Å²) in [6, 6.07) is 18.8. The molecule has 1 N–H and O–H groups in total. The van der Waals surface area contributed by atoms with Crippen molar-refractivity contribution in [1.29, 1.82) is 0 Å². The van der Waals surface area contributed by atoms with Crippen molar-refractivity contribution in [3.8, 4) is 11.5 Å². The number of anilines is 1. The summed E-state index contributed by atoms with van der Waals surface area (Å²) in [7, 11) is 0. The van der Waals surface area contributed by atoms with Crippen molar-refractivity contribution >= 4 is 34.2 Å². The number of nitrogens with one attached hydrogen (secondary N) is 1. The van der Waals surface area contributed by atoms with E-state index in [0.29, 0.717) is 29.3 Å². The van der Waals surface area contributed by atoms with E-state index in [9.17, 15) is 4.79 Å². The van der Waals surface area contributed by atoms with Gasteiger partial charge in [0.1, 0.15) is 11.5 Å². The van der Waals surface area contributed by atoms with Crippen LogP contribution in [-0.4, -0.2) is 17.5 Å². The van der Waals surface area contributed by atoms with Gasteiger partial charge in [-0.1, -0.05) is 25.1 Å². The molecule has 0 fully saturated rings. The predicted molar refractivity (Wildman–Crippen MR) is 127 cm³/mol. The zero-order valence-corrected chi connectivity index (χ0v) is 19.5. The Morgan fingerprint density at radius 2 is 1.93 bits per heavy atom. The number of ether oxygens (including phenoxy) is 2. The molecule has 1 aromatic heterocycles. The van der Waals surface area contributed by atoms with Gasteiger partial charge in [-0.25, -0.2) is 0 Å². The first-order chi connectivity index (χ1) is 14.5. The van der Waals surface area contributed by atoms with E-state index in [1.54, 1.807) is 12.1 Å². The summed E-state index contributed by atoms with van der Waals surface area (Å²) in [6.07, 6.45) is 0.853. The molecule has 0 bridgehead atoms. The minimum absolute atomic E-state index is 0.102. The minimum Gasteiger partial charge on any atom is -0.456 e. The van der Waals surface area contributed by atoms with Gasteiger partial charge in [0, 0.05) is 18.4 Å². The topological polar surface area (TPSA) is 60.5 Å². The Morgan fingerprint density at radius 1 is 1.13 bits per heavy atom. The second-order valence-corrected chi connectivity index (χ2v) is 8.06. The summed E-state index contributed by atoms with van der Waals surface area (Å²) in [5.41, 5.74) is 2.69. The van der Waals surface area contributed by atoms with Gasteiger partial charge in [-0.15, -0.1) is 0 Å². The number of aryl methyl sites for hydroxylation is 1. The molecule has 1 amide bonds. The van der Waals surface area contributed by atoms with Crippen LogP contribution in [0.5, 0.6) is 11.5 Å². The number of carbonyl (C=O) groups excluding carboxylic acids is 1. The Labute approximate surface area is 191 Å². The van der Waals surface area contributed by atoms with Gasteiger partial charge >= 0.3 is 0 Å². The fraction of sp³-hybridized carbons (Fsp3) is 0.250. The number of hydrogen-bond donors (Lipinski definition) is 1. The highest BCUT2D eigenvalue weighted by atomic mass is 127. The lowest BCUT2D eigenvalue weighted by atomic mass is 10.1. The van der Waals surface area contributed by atoms with E-state index in [2.05, 4.69) is 39.8 Å². The van der Waals surface area contributed by atoms with Crippen LogP contribution >= 0.6 is 22.6 Å². The van der Waals surface area contributed by atoms with Crippen molar-refractivity contribution in [1.82, 2.24) is 4.98 Å². The standard InChI is InChI=1S/C24H25IN2O3/c1-4-14-29-17(3)22-13-12-20(16(2)26-22)24(28)27-18-8-7-9-19(15-18)30-23-11-6-5-10-21(23)25/h5-13,15,17H,4,14H2,1-3H3,(H,27,28). The zero-order valence-electron chi connectivity index (χ0n) is 17.3. The third kappa shape index (κ3) is 5.79. The molecule has 0 aliphatic carbocycles. The van der Waals surface area contributed by atoms with E-state index in [1.165, 1.54) is 0 Å². The van der Waals surface area contributed by atoms with Crippen LogP contribution in [0.25, 0.3) is 0 Å². The quantitative estimate of drug-likeness (QED) is 0.346. The van der Waals surface area contributed by atoms with E-state index in [-0.39, 0.29) is 12.0 Å². The molecule has 1 heterocycles. The number of halogens is 1. The Balaban J connectivity index is 1.71. The highest BCUT2D eigenvalue weighted by Crippen LogP contribution is 2.28. The number of pyridine rings is 1. The molecule has 0 saturated carbocycles. The van der Waals surface area contributed by atoms with Crippen molar-refractivity contribution in [2.24, 2.45) is 0 Å². The number of nitrogens with zero attached hydrogens (tertiary/aromatic N) is 1. The number of para-hydroxylation sites is 1. The van der Waals surface area contributed by atoms with E-state index in [1.807, 2.05) is 62.4 Å². The first kappa shape index (κ1) is 22.2. The van der Waals surface area contributed by atoms with Gasteiger partial charge in [-0.2, -0.15) is 0 Å². The molecule has 30 heavy (non-hydrogen) atoms. The second kappa shape index (κ2) is 10.5. The van der Waals surface area contributed by atoms with E-state index in [4.69, 9.17) is 9.47 Å². The smallest absolute Gasteiger partial charge is 0.257 e. The monoisotopic (exact) mass is 516 g/mol. The Hall–Kier alpha value is -2.45. The van der Waals surface area contributed by atoms with Gasteiger partial charge in [-0.05, 0) is 79.3 Å². The number of benzene rings is 2. The normalized spacial score (nSPS) is 11.7. The van der Waals surface area contributed by atoms with Crippen LogP contribution in [0, 0.1) is 10.5 Å². The van der Waals surface area contributed by atoms with E-state index >= 15 is 0 Å². The zero-order chi connectivity index (χ0) is 21.5. The van der Waals surface area contributed by atoms with Crippen LogP contribution in [0.3, 0.4) is 0 Å². The molecular weight excluding hydrogens is 491 g/mol. The largest absolute Gasteiger partial charge is 0.456 e. The maximum atomic E-state index is 12.8. The van der Waals surface area contributed by atoms with Crippen molar-refractivity contribution in [2.75, 3.05) is 11.9 Å². The maximum Gasteiger partial charge on any atom is 0.257 e. The summed E-state index contributed by atoms with van der Waals surface area (Å²) in [4.78, 5) is 17.3. The fourth-order valence-corrected chi connectivity index (χ4v) is 3.41. The summed E-state index contributed by atoms with van der Waals surface area (Å²) < 4.78 is 12.7. The third-order valence-electron chi connectivity index (χ3n) is 4.50. The van der Waals surface area contributed by atoms with Crippen LogP contribution in [-0.2, 0) is 4.74 Å². The molecule has 3 rings (SSSR count). The predicted octanol–water partition coefficient (Wildman–Crippen LogP) is 6.53. The average molecular weight is 516 g/mol. The molecule has 0 radical (unpaired) electrons. The summed E-state index contributed by atoms with van der Waals surface area (Å²) in [6.45, 7) is 6.56. The lowest BCUT2D eigenvalue weighted by Gasteiger charge is -2.14. The number of amides is 1. The van der Waals surface area contributed by atoms with Crippen LogP contribution < -0.4 is 10.1 Å². The van der Waals surface area contributed by atoms with Gasteiger partial charge in [0.05, 0.1) is 26.6 Å². The van der Waals surface area contributed by atoms with Crippen molar-refractivity contribution in [3.63, 3.8) is 0 Å². The van der Waals surface area contributed by atoms with Crippen molar-refractivity contribution in [2.45, 2.75) is 33.3 Å². The highest BCUT2D eigenvalue weighted by molar-refractivity contribution is 14.1. The van der Waals surface area contributed by atoms with Crippen LogP contribution in [0.4, 0.5) is 5.69 Å². The summed E-state index contributed by atoms with van der Waals surface area (Å²) in [5, 5.41) is 2.93. The van der Waals surface area contributed by atoms with Gasteiger partial charge in [0.15, 0.2) is 0 Å². The molecule has 0 spiro atoms. The number of carbonyl (C=O) groups is 1. The molecule has 3 aromatic rings. The molecule has 5 nitrogen and oxygen atoms in total. The van der Waals surface area contributed by atoms with Crippen LogP contribution in [0.2, 0.25) is 0 Å².